The molecule has 1 aromatic rings. The number of carbonyl (C=O) groups excluding carboxylic acids is 5. The fourth-order valence-electron chi connectivity index (χ4n) is 2.81. The first-order valence-electron chi connectivity index (χ1n) is 10.2. The SMILES string of the molecule is NC(=O)CC(N)C(=O)NC(Cc1ccc(O)cc1)C(=O)NC(CS)C(=O)NC(CC(N)=O)C(=O)O. The zero-order valence-electron chi connectivity index (χ0n) is 18.5. The number of aromatic hydroxyl groups is 1. The highest BCUT2D eigenvalue weighted by Crippen LogP contribution is 2.12. The molecule has 0 aliphatic carbocycles. The molecule has 15 heteroatoms. The molecule has 11 N–H and O–H groups in total. The molecule has 0 aromatic heterocycles. The Kier molecular flexibility index (Phi) is 11.5. The molecule has 0 saturated carbocycles. The summed E-state index contributed by atoms with van der Waals surface area (Å²) in [6, 6.07) is 0.112. The zero-order valence-corrected chi connectivity index (χ0v) is 19.4. The van der Waals surface area contributed by atoms with Crippen molar-refractivity contribution in [3.05, 3.63) is 29.8 Å². The summed E-state index contributed by atoms with van der Waals surface area (Å²) in [5, 5.41) is 25.4. The highest BCUT2D eigenvalue weighted by Gasteiger charge is 2.30. The molecule has 4 atom stereocenters. The maximum atomic E-state index is 13.0. The van der Waals surface area contributed by atoms with E-state index in [0.29, 0.717) is 5.56 Å². The Balaban J connectivity index is 3.03. The maximum absolute atomic E-state index is 13.0. The molecule has 14 nitrogen and oxygen atoms in total. The number of rotatable bonds is 14. The molecule has 192 valence electrons. The molecule has 0 fully saturated rings. The molecule has 1 rings (SSSR count). The predicted molar refractivity (Wildman–Crippen MR) is 125 cm³/mol. The third-order valence-corrected chi connectivity index (χ3v) is 4.97. The van der Waals surface area contributed by atoms with Crippen molar-refractivity contribution in [3.8, 4) is 5.75 Å². The lowest BCUT2D eigenvalue weighted by atomic mass is 10.0. The van der Waals surface area contributed by atoms with E-state index in [1.165, 1.54) is 24.3 Å². The second kappa shape index (κ2) is 13.8. The maximum Gasteiger partial charge on any atom is 0.326 e. The first-order chi connectivity index (χ1) is 16.3. The van der Waals surface area contributed by atoms with Crippen LogP contribution in [-0.2, 0) is 35.2 Å². The number of carbonyl (C=O) groups is 6. The van der Waals surface area contributed by atoms with Crippen molar-refractivity contribution >= 4 is 48.1 Å². The minimum Gasteiger partial charge on any atom is -0.508 e. The van der Waals surface area contributed by atoms with Crippen molar-refractivity contribution in [1.29, 1.82) is 0 Å². The van der Waals surface area contributed by atoms with Gasteiger partial charge in [-0.3, -0.25) is 24.0 Å². The van der Waals surface area contributed by atoms with Gasteiger partial charge in [0.05, 0.1) is 18.9 Å². The second-order valence-electron chi connectivity index (χ2n) is 7.52. The van der Waals surface area contributed by atoms with Crippen LogP contribution in [0.25, 0.3) is 0 Å². The van der Waals surface area contributed by atoms with Gasteiger partial charge in [0.1, 0.15) is 23.9 Å². The van der Waals surface area contributed by atoms with Gasteiger partial charge in [0.2, 0.25) is 29.5 Å². The number of nitrogens with one attached hydrogen (secondary N) is 3. The van der Waals surface area contributed by atoms with Crippen molar-refractivity contribution in [2.24, 2.45) is 17.2 Å². The Bertz CT molecular complexity index is 957. The van der Waals surface area contributed by atoms with Gasteiger partial charge in [-0.2, -0.15) is 12.6 Å². The minimum atomic E-state index is -1.63. The normalized spacial score (nSPS) is 14.0. The van der Waals surface area contributed by atoms with E-state index in [2.05, 4.69) is 28.6 Å². The predicted octanol–water partition coefficient (Wildman–Crippen LogP) is -3.52. The first kappa shape index (κ1) is 29.2. The average molecular weight is 513 g/mol. The summed E-state index contributed by atoms with van der Waals surface area (Å²) in [5.41, 5.74) is 16.2. The molecule has 0 heterocycles. The van der Waals surface area contributed by atoms with Crippen molar-refractivity contribution in [3.63, 3.8) is 0 Å². The van der Waals surface area contributed by atoms with Crippen LogP contribution < -0.4 is 33.2 Å². The Hall–Kier alpha value is -3.85. The van der Waals surface area contributed by atoms with Crippen LogP contribution in [0.5, 0.6) is 5.75 Å². The largest absolute Gasteiger partial charge is 0.508 e. The van der Waals surface area contributed by atoms with E-state index in [1.807, 2.05) is 0 Å². The number of nitrogens with two attached hydrogens (primary N) is 3. The van der Waals surface area contributed by atoms with Gasteiger partial charge >= 0.3 is 5.97 Å². The van der Waals surface area contributed by atoms with Crippen LogP contribution >= 0.6 is 12.6 Å². The number of carboxylic acids is 1. The number of carboxylic acid groups (broad SMARTS) is 1. The van der Waals surface area contributed by atoms with E-state index in [4.69, 9.17) is 22.3 Å². The summed E-state index contributed by atoms with van der Waals surface area (Å²) >= 11 is 3.99. The van der Waals surface area contributed by atoms with Crippen LogP contribution in [-0.4, -0.2) is 75.6 Å². The molecule has 0 aliphatic rings. The highest BCUT2D eigenvalue weighted by molar-refractivity contribution is 7.80. The lowest BCUT2D eigenvalue weighted by Crippen LogP contribution is -2.58. The van der Waals surface area contributed by atoms with E-state index in [9.17, 15) is 33.9 Å². The molecule has 5 amide bonds. The van der Waals surface area contributed by atoms with E-state index in [1.54, 1.807) is 0 Å². The number of primary amides is 2. The van der Waals surface area contributed by atoms with Crippen molar-refractivity contribution in [2.75, 3.05) is 5.75 Å². The van der Waals surface area contributed by atoms with Crippen molar-refractivity contribution in [2.45, 2.75) is 43.4 Å². The fourth-order valence-corrected chi connectivity index (χ4v) is 3.06. The van der Waals surface area contributed by atoms with E-state index in [-0.39, 0.29) is 17.9 Å². The smallest absolute Gasteiger partial charge is 0.326 e. The number of benzene rings is 1. The molecule has 0 radical (unpaired) electrons. The lowest BCUT2D eigenvalue weighted by Gasteiger charge is -2.24. The molecule has 0 saturated heterocycles. The summed E-state index contributed by atoms with van der Waals surface area (Å²) in [7, 11) is 0. The molecule has 1 aromatic carbocycles. The summed E-state index contributed by atoms with van der Waals surface area (Å²) in [4.78, 5) is 71.2. The Labute approximate surface area is 205 Å². The first-order valence-corrected chi connectivity index (χ1v) is 10.8. The Morgan fingerprint density at radius 2 is 1.29 bits per heavy atom. The van der Waals surface area contributed by atoms with Crippen LogP contribution in [0, 0.1) is 0 Å². The van der Waals surface area contributed by atoms with Crippen LogP contribution in [0.4, 0.5) is 0 Å². The zero-order chi connectivity index (χ0) is 26.7. The Morgan fingerprint density at radius 1 is 0.800 bits per heavy atom. The molecule has 4 unspecified atom stereocenters. The van der Waals surface area contributed by atoms with Gasteiger partial charge in [-0.15, -0.1) is 0 Å². The average Bonchev–Trinajstić information content (AvgIpc) is 2.76. The fraction of sp³-hybridized carbons (Fsp3) is 0.400. The van der Waals surface area contributed by atoms with Crippen LogP contribution in [0.1, 0.15) is 18.4 Å². The van der Waals surface area contributed by atoms with Gasteiger partial charge in [0.15, 0.2) is 0 Å². The lowest BCUT2D eigenvalue weighted by molar-refractivity contribution is -0.143. The molecular formula is C20H28N6O8S. The third kappa shape index (κ3) is 10.3. The summed E-state index contributed by atoms with van der Waals surface area (Å²) in [6.07, 6.45) is -1.25. The number of hydrogen-bond acceptors (Lipinski definition) is 9. The number of hydrogen-bond donors (Lipinski definition) is 9. The number of amides is 5. The summed E-state index contributed by atoms with van der Waals surface area (Å²) in [5.74, 6) is -6.27. The summed E-state index contributed by atoms with van der Waals surface area (Å²) in [6.45, 7) is 0. The molecule has 0 bridgehead atoms. The van der Waals surface area contributed by atoms with Crippen LogP contribution in [0.2, 0.25) is 0 Å². The molecule has 0 aliphatic heterocycles. The van der Waals surface area contributed by atoms with Crippen molar-refractivity contribution in [1.82, 2.24) is 16.0 Å². The second-order valence-corrected chi connectivity index (χ2v) is 7.89. The third-order valence-electron chi connectivity index (χ3n) is 4.60. The highest BCUT2D eigenvalue weighted by atomic mass is 32.1. The monoisotopic (exact) mass is 512 g/mol. The van der Waals surface area contributed by atoms with Gasteiger partial charge in [-0.25, -0.2) is 4.79 Å². The van der Waals surface area contributed by atoms with Gasteiger partial charge in [0.25, 0.3) is 0 Å². The van der Waals surface area contributed by atoms with Gasteiger partial charge in [-0.1, -0.05) is 12.1 Å². The number of phenols is 1. The quantitative estimate of drug-likeness (QED) is 0.112. The van der Waals surface area contributed by atoms with E-state index < -0.39 is 72.5 Å². The van der Waals surface area contributed by atoms with Crippen LogP contribution in [0.15, 0.2) is 24.3 Å². The topological polar surface area (TPSA) is 257 Å². The van der Waals surface area contributed by atoms with Crippen molar-refractivity contribution < 1.29 is 39.0 Å². The number of thiol groups is 1. The van der Waals surface area contributed by atoms with Gasteiger partial charge < -0.3 is 43.4 Å². The van der Waals surface area contributed by atoms with Gasteiger partial charge in [0, 0.05) is 12.2 Å². The molecular weight excluding hydrogens is 484 g/mol. The van der Waals surface area contributed by atoms with E-state index >= 15 is 0 Å². The number of aliphatic carboxylic acids is 1. The van der Waals surface area contributed by atoms with Crippen LogP contribution in [0.3, 0.4) is 0 Å². The standard InChI is InChI=1S/C20H28N6O8S/c21-11(6-15(22)28)17(30)24-12(5-9-1-3-10(27)4-2-9)18(31)26-14(8-35)19(32)25-13(20(33)34)7-16(23)29/h1-4,11-14,27,35H,5-8,21H2,(H2,22,28)(H2,23,29)(H,24,30)(H,25,32)(H,26,31)(H,33,34). The molecule has 0 spiro atoms. The van der Waals surface area contributed by atoms with Gasteiger partial charge in [-0.05, 0) is 17.7 Å². The Morgan fingerprint density at radius 3 is 1.77 bits per heavy atom. The molecule has 35 heavy (non-hydrogen) atoms. The summed E-state index contributed by atoms with van der Waals surface area (Å²) < 4.78 is 0. The van der Waals surface area contributed by atoms with E-state index in [0.717, 1.165) is 0 Å². The minimum absolute atomic E-state index is 0.0296. The number of phenolic OH excluding ortho intramolecular Hbond substituents is 1.